The SMILES string of the molecule is CCOc1cc(C=Nc2ccc(C(=O)O)cc2)ccc1OC(=O)CC. The zero-order valence-corrected chi connectivity index (χ0v) is 14.1. The van der Waals surface area contributed by atoms with Crippen LogP contribution in [0.2, 0.25) is 0 Å². The summed E-state index contributed by atoms with van der Waals surface area (Å²) in [6.07, 6.45) is 1.91. The van der Waals surface area contributed by atoms with Crippen LogP contribution in [-0.2, 0) is 4.79 Å². The Kier molecular flexibility index (Phi) is 6.28. The fraction of sp³-hybridized carbons (Fsp3) is 0.211. The Hall–Kier alpha value is -3.15. The number of carbonyl (C=O) groups excluding carboxylic acids is 1. The molecule has 0 saturated heterocycles. The molecule has 1 N–H and O–H groups in total. The van der Waals surface area contributed by atoms with Crippen molar-refractivity contribution in [2.24, 2.45) is 4.99 Å². The third kappa shape index (κ3) is 5.17. The largest absolute Gasteiger partial charge is 0.490 e. The Balaban J connectivity index is 2.19. The third-order valence-corrected chi connectivity index (χ3v) is 3.26. The lowest BCUT2D eigenvalue weighted by atomic mass is 10.2. The van der Waals surface area contributed by atoms with Crippen molar-refractivity contribution in [2.75, 3.05) is 6.61 Å². The minimum Gasteiger partial charge on any atom is -0.490 e. The average Bonchev–Trinajstić information content (AvgIpc) is 2.62. The molecular weight excluding hydrogens is 322 g/mol. The molecule has 6 heteroatoms. The molecule has 0 aliphatic carbocycles. The second-order valence-electron chi connectivity index (χ2n) is 5.08. The first-order chi connectivity index (χ1) is 12.0. The first-order valence-electron chi connectivity index (χ1n) is 7.88. The molecule has 0 bridgehead atoms. The lowest BCUT2D eigenvalue weighted by Crippen LogP contribution is -2.07. The number of hydrogen-bond donors (Lipinski definition) is 1. The molecule has 2 aromatic carbocycles. The average molecular weight is 341 g/mol. The molecule has 0 aromatic heterocycles. The summed E-state index contributed by atoms with van der Waals surface area (Å²) in [6, 6.07) is 11.4. The smallest absolute Gasteiger partial charge is 0.335 e. The third-order valence-electron chi connectivity index (χ3n) is 3.26. The molecule has 2 rings (SSSR count). The van der Waals surface area contributed by atoms with Crippen LogP contribution in [0.4, 0.5) is 5.69 Å². The van der Waals surface area contributed by atoms with E-state index in [9.17, 15) is 9.59 Å². The first kappa shape index (κ1) is 18.2. The number of rotatable bonds is 7. The van der Waals surface area contributed by atoms with Crippen molar-refractivity contribution in [1.29, 1.82) is 0 Å². The van der Waals surface area contributed by atoms with E-state index in [0.717, 1.165) is 5.56 Å². The summed E-state index contributed by atoms with van der Waals surface area (Å²) in [4.78, 5) is 26.6. The highest BCUT2D eigenvalue weighted by atomic mass is 16.6. The van der Waals surface area contributed by atoms with E-state index >= 15 is 0 Å². The number of carboxylic acids is 1. The second kappa shape index (κ2) is 8.63. The molecule has 2 aromatic rings. The van der Waals surface area contributed by atoms with Gasteiger partial charge < -0.3 is 14.6 Å². The quantitative estimate of drug-likeness (QED) is 0.470. The van der Waals surface area contributed by atoms with Crippen molar-refractivity contribution in [2.45, 2.75) is 20.3 Å². The summed E-state index contributed by atoms with van der Waals surface area (Å²) in [7, 11) is 0. The lowest BCUT2D eigenvalue weighted by molar-refractivity contribution is -0.134. The lowest BCUT2D eigenvalue weighted by Gasteiger charge is -2.10. The minimum absolute atomic E-state index is 0.208. The zero-order chi connectivity index (χ0) is 18.2. The van der Waals surface area contributed by atoms with E-state index in [0.29, 0.717) is 23.8 Å². The number of aliphatic imine (C=N–C) groups is 1. The van der Waals surface area contributed by atoms with Gasteiger partial charge in [-0.15, -0.1) is 0 Å². The fourth-order valence-electron chi connectivity index (χ4n) is 1.99. The van der Waals surface area contributed by atoms with Gasteiger partial charge in [-0.05, 0) is 55.0 Å². The summed E-state index contributed by atoms with van der Waals surface area (Å²) in [5.74, 6) is -0.471. The molecule has 6 nitrogen and oxygen atoms in total. The van der Waals surface area contributed by atoms with Crippen LogP contribution in [0.3, 0.4) is 0 Å². The van der Waals surface area contributed by atoms with E-state index in [-0.39, 0.29) is 18.0 Å². The van der Waals surface area contributed by atoms with E-state index in [4.69, 9.17) is 14.6 Å². The van der Waals surface area contributed by atoms with Crippen molar-refractivity contribution >= 4 is 23.8 Å². The van der Waals surface area contributed by atoms with Gasteiger partial charge in [0, 0.05) is 12.6 Å². The predicted molar refractivity (Wildman–Crippen MR) is 94.2 cm³/mol. The number of benzene rings is 2. The molecule has 0 fully saturated rings. The monoisotopic (exact) mass is 341 g/mol. The molecule has 0 aliphatic rings. The van der Waals surface area contributed by atoms with Crippen molar-refractivity contribution in [1.82, 2.24) is 0 Å². The molecule has 0 amide bonds. The van der Waals surface area contributed by atoms with Gasteiger partial charge in [-0.1, -0.05) is 6.92 Å². The minimum atomic E-state index is -0.978. The number of carboxylic acid groups (broad SMARTS) is 1. The van der Waals surface area contributed by atoms with Crippen LogP contribution < -0.4 is 9.47 Å². The maximum absolute atomic E-state index is 11.5. The maximum atomic E-state index is 11.5. The van der Waals surface area contributed by atoms with Gasteiger partial charge in [-0.25, -0.2) is 4.79 Å². The first-order valence-corrected chi connectivity index (χ1v) is 7.88. The van der Waals surface area contributed by atoms with E-state index in [1.54, 1.807) is 43.5 Å². The highest BCUT2D eigenvalue weighted by Gasteiger charge is 2.09. The number of esters is 1. The number of nitrogens with zero attached hydrogens (tertiary/aromatic N) is 1. The predicted octanol–water partition coefficient (Wildman–Crippen LogP) is 3.85. The number of hydrogen-bond acceptors (Lipinski definition) is 5. The molecule has 25 heavy (non-hydrogen) atoms. The van der Waals surface area contributed by atoms with Crippen molar-refractivity contribution in [3.05, 3.63) is 53.6 Å². The number of carbonyl (C=O) groups is 2. The Morgan fingerprint density at radius 3 is 2.40 bits per heavy atom. The van der Waals surface area contributed by atoms with Crippen molar-refractivity contribution in [3.63, 3.8) is 0 Å². The van der Waals surface area contributed by atoms with E-state index in [1.165, 1.54) is 12.1 Å². The van der Waals surface area contributed by atoms with Gasteiger partial charge in [-0.3, -0.25) is 9.79 Å². The van der Waals surface area contributed by atoms with Crippen LogP contribution in [-0.4, -0.2) is 29.9 Å². The van der Waals surface area contributed by atoms with Gasteiger partial charge in [-0.2, -0.15) is 0 Å². The molecule has 0 aliphatic heterocycles. The van der Waals surface area contributed by atoms with Gasteiger partial charge in [0.25, 0.3) is 0 Å². The van der Waals surface area contributed by atoms with Crippen LogP contribution in [0.5, 0.6) is 11.5 Å². The summed E-state index contributed by atoms with van der Waals surface area (Å²) in [6.45, 7) is 4.00. The van der Waals surface area contributed by atoms with Crippen LogP contribution >= 0.6 is 0 Å². The highest BCUT2D eigenvalue weighted by Crippen LogP contribution is 2.28. The number of aromatic carboxylic acids is 1. The molecule has 0 atom stereocenters. The van der Waals surface area contributed by atoms with Crippen LogP contribution in [0.15, 0.2) is 47.5 Å². The van der Waals surface area contributed by atoms with Crippen LogP contribution in [0.25, 0.3) is 0 Å². The van der Waals surface area contributed by atoms with Crippen molar-refractivity contribution < 1.29 is 24.2 Å². The standard InChI is InChI=1S/C19H19NO5/c1-3-18(21)25-16-10-5-13(11-17(16)24-4-2)12-20-15-8-6-14(7-9-15)19(22)23/h5-12H,3-4H2,1-2H3,(H,22,23). The highest BCUT2D eigenvalue weighted by molar-refractivity contribution is 5.88. The van der Waals surface area contributed by atoms with E-state index in [1.807, 2.05) is 6.92 Å². The molecule has 0 heterocycles. The maximum Gasteiger partial charge on any atom is 0.335 e. The zero-order valence-electron chi connectivity index (χ0n) is 14.1. The van der Waals surface area contributed by atoms with Gasteiger partial charge in [0.1, 0.15) is 0 Å². The Labute approximate surface area is 145 Å². The Morgan fingerprint density at radius 2 is 1.80 bits per heavy atom. The molecule has 0 saturated carbocycles. The van der Waals surface area contributed by atoms with Gasteiger partial charge in [0.05, 0.1) is 17.9 Å². The molecular formula is C19H19NO5. The topological polar surface area (TPSA) is 85.2 Å². The summed E-state index contributed by atoms with van der Waals surface area (Å²) in [5.41, 5.74) is 1.60. The van der Waals surface area contributed by atoms with Gasteiger partial charge in [0.2, 0.25) is 0 Å². The van der Waals surface area contributed by atoms with E-state index < -0.39 is 5.97 Å². The van der Waals surface area contributed by atoms with Crippen LogP contribution in [0.1, 0.15) is 36.2 Å². The van der Waals surface area contributed by atoms with Gasteiger partial charge in [0.15, 0.2) is 11.5 Å². The van der Waals surface area contributed by atoms with Crippen molar-refractivity contribution in [3.8, 4) is 11.5 Å². The summed E-state index contributed by atoms with van der Waals surface area (Å²) < 4.78 is 10.7. The molecule has 130 valence electrons. The van der Waals surface area contributed by atoms with Gasteiger partial charge >= 0.3 is 11.9 Å². The molecule has 0 radical (unpaired) electrons. The molecule has 0 unspecified atom stereocenters. The van der Waals surface area contributed by atoms with E-state index in [2.05, 4.69) is 4.99 Å². The second-order valence-corrected chi connectivity index (χ2v) is 5.08. The fourth-order valence-corrected chi connectivity index (χ4v) is 1.99. The summed E-state index contributed by atoms with van der Waals surface area (Å²) >= 11 is 0. The summed E-state index contributed by atoms with van der Waals surface area (Å²) in [5, 5.41) is 8.88. The molecule has 0 spiro atoms. The Bertz CT molecular complexity index is 781. The number of ether oxygens (including phenoxy) is 2. The van der Waals surface area contributed by atoms with Crippen LogP contribution in [0, 0.1) is 0 Å². The Morgan fingerprint density at radius 1 is 1.08 bits per heavy atom. The normalized spacial score (nSPS) is 10.6.